The third kappa shape index (κ3) is 6.66. The summed E-state index contributed by atoms with van der Waals surface area (Å²) < 4.78 is 48.2. The van der Waals surface area contributed by atoms with Crippen LogP contribution in [-0.4, -0.2) is 56.5 Å². The van der Waals surface area contributed by atoms with Crippen molar-refractivity contribution in [2.45, 2.75) is 52.9 Å². The summed E-state index contributed by atoms with van der Waals surface area (Å²) in [6, 6.07) is 0. The van der Waals surface area contributed by atoms with E-state index in [9.17, 15) is 23.1 Å². The number of hydrogen-bond donors (Lipinski definition) is 2. The Kier molecular flexibility index (Phi) is 8.59. The number of pyridine rings is 1. The van der Waals surface area contributed by atoms with Gasteiger partial charge in [-0.1, -0.05) is 0 Å². The van der Waals surface area contributed by atoms with Crippen LogP contribution < -0.4 is 4.74 Å². The highest BCUT2D eigenvalue weighted by atomic mass is 19.4. The van der Waals surface area contributed by atoms with Crippen molar-refractivity contribution < 1.29 is 32.9 Å². The number of aliphatic hydroxyl groups is 1. The molecule has 0 atom stereocenters. The van der Waals surface area contributed by atoms with E-state index in [0.717, 1.165) is 12.4 Å². The Morgan fingerprint density at radius 2 is 1.77 bits per heavy atom. The van der Waals surface area contributed by atoms with Gasteiger partial charge in [0.25, 0.3) is 0 Å². The third-order valence-corrected chi connectivity index (χ3v) is 3.87. The Hall–Kier alpha value is -2.66. The number of carboxylic acids is 1. The molecule has 0 aromatic carbocycles. The van der Waals surface area contributed by atoms with Gasteiger partial charge in [0.05, 0.1) is 11.7 Å². The normalized spacial score (nSPS) is 11.9. The van der Waals surface area contributed by atoms with Crippen LogP contribution in [0.4, 0.5) is 13.2 Å². The second-order valence-electron chi connectivity index (χ2n) is 7.99. The Labute approximate surface area is 179 Å². The van der Waals surface area contributed by atoms with Crippen molar-refractivity contribution in [2.75, 3.05) is 20.7 Å². The molecular formula is C20H29F3N4O4. The lowest BCUT2D eigenvalue weighted by molar-refractivity contribution is -0.139. The number of nitrogens with zero attached hydrogens (tertiary/aromatic N) is 4. The fourth-order valence-electron chi connectivity index (χ4n) is 2.70. The number of alkyl halides is 3. The number of aliphatic hydroxyl groups excluding tert-OH is 1. The average Bonchev–Trinajstić information content (AvgIpc) is 2.91. The van der Waals surface area contributed by atoms with Crippen molar-refractivity contribution in [3.63, 3.8) is 0 Å². The van der Waals surface area contributed by atoms with E-state index in [2.05, 4.69) is 10.1 Å². The molecule has 2 aromatic rings. The largest absolute Gasteiger partial charge is 0.476 e. The first-order chi connectivity index (χ1) is 14.1. The van der Waals surface area contributed by atoms with Crippen LogP contribution in [0.1, 0.15) is 54.9 Å². The molecule has 31 heavy (non-hydrogen) atoms. The van der Waals surface area contributed by atoms with Crippen molar-refractivity contribution in [1.29, 1.82) is 0 Å². The second-order valence-corrected chi connectivity index (χ2v) is 7.99. The molecule has 0 aliphatic rings. The molecule has 0 amide bonds. The molecule has 0 bridgehead atoms. The lowest BCUT2D eigenvalue weighted by Gasteiger charge is -2.24. The van der Waals surface area contributed by atoms with E-state index in [0.29, 0.717) is 0 Å². The quantitative estimate of drug-likeness (QED) is 0.718. The molecule has 174 valence electrons. The number of halogens is 3. The van der Waals surface area contributed by atoms with Gasteiger partial charge in [-0.2, -0.15) is 18.3 Å². The molecule has 0 aliphatic carbocycles. The van der Waals surface area contributed by atoms with Crippen molar-refractivity contribution in [2.24, 2.45) is 0 Å². The van der Waals surface area contributed by atoms with Gasteiger partial charge in [-0.05, 0) is 48.7 Å². The van der Waals surface area contributed by atoms with E-state index in [1.807, 2.05) is 0 Å². The van der Waals surface area contributed by atoms with Gasteiger partial charge in [-0.3, -0.25) is 4.98 Å². The zero-order chi connectivity index (χ0) is 24.1. The first-order valence-corrected chi connectivity index (χ1v) is 9.46. The van der Waals surface area contributed by atoms with Gasteiger partial charge < -0.3 is 19.8 Å². The first-order valence-electron chi connectivity index (χ1n) is 9.46. The molecule has 0 saturated carbocycles. The lowest BCUT2D eigenvalue weighted by atomic mass is 10.1. The van der Waals surface area contributed by atoms with Crippen molar-refractivity contribution >= 4 is 5.97 Å². The van der Waals surface area contributed by atoms with Crippen molar-refractivity contribution in [3.05, 3.63) is 34.8 Å². The molecule has 0 radical (unpaired) electrons. The number of carboxylic acid groups (broad SMARTS) is 1. The molecular weight excluding hydrogens is 417 g/mol. The van der Waals surface area contributed by atoms with E-state index >= 15 is 0 Å². The highest BCUT2D eigenvalue weighted by Crippen LogP contribution is 2.41. The first kappa shape index (κ1) is 26.4. The molecule has 0 unspecified atom stereocenters. The van der Waals surface area contributed by atoms with Gasteiger partial charge in [0, 0.05) is 30.5 Å². The number of rotatable bonds is 5. The summed E-state index contributed by atoms with van der Waals surface area (Å²) in [6.07, 6.45) is -2.56. The topological polar surface area (TPSA) is 101 Å². The predicted molar refractivity (Wildman–Crippen MR) is 108 cm³/mol. The van der Waals surface area contributed by atoms with Crippen LogP contribution in [0.3, 0.4) is 0 Å². The summed E-state index contributed by atoms with van der Waals surface area (Å²) in [5.74, 6) is -1.86. The van der Waals surface area contributed by atoms with E-state index in [4.69, 9.17) is 9.84 Å². The van der Waals surface area contributed by atoms with Gasteiger partial charge in [0.1, 0.15) is 5.56 Å². The monoisotopic (exact) mass is 446 g/mol. The van der Waals surface area contributed by atoms with Crippen molar-refractivity contribution in [3.8, 4) is 11.6 Å². The molecule has 2 rings (SSSR count). The van der Waals surface area contributed by atoms with E-state index in [1.165, 1.54) is 11.6 Å². The molecule has 0 spiro atoms. The number of aromatic nitrogens is 3. The fraction of sp³-hybridized carbons (Fsp3) is 0.550. The van der Waals surface area contributed by atoms with Gasteiger partial charge in [0.2, 0.25) is 5.88 Å². The Balaban J connectivity index is 0.00000151. The Bertz CT molecular complexity index is 903. The molecule has 2 aromatic heterocycles. The SMILES string of the molecule is CCO.Cc1c(C(=O)O)nn(C(C)(C)C)c1Oc1cncc(CN(C)C)c1C(F)(F)F. The Morgan fingerprint density at radius 3 is 2.19 bits per heavy atom. The summed E-state index contributed by atoms with van der Waals surface area (Å²) in [5.41, 5.74) is -1.87. The van der Waals surface area contributed by atoms with E-state index in [1.54, 1.807) is 46.7 Å². The van der Waals surface area contributed by atoms with Gasteiger partial charge >= 0.3 is 12.1 Å². The molecule has 2 heterocycles. The molecule has 0 saturated heterocycles. The second kappa shape index (κ2) is 10.1. The lowest BCUT2D eigenvalue weighted by Crippen LogP contribution is -2.24. The maximum atomic E-state index is 13.8. The minimum Gasteiger partial charge on any atom is -0.476 e. The zero-order valence-corrected chi connectivity index (χ0v) is 18.7. The number of hydrogen-bond acceptors (Lipinski definition) is 6. The zero-order valence-electron chi connectivity index (χ0n) is 18.7. The standard InChI is InChI=1S/C18H23F3N4O3.C2H6O/c1-10-14(16(26)27)23-25(17(2,3)4)15(10)28-12-8-22-7-11(9-24(5)6)13(12)18(19,20)21;1-2-3/h7-8H,9H2,1-6H3,(H,26,27);3H,2H2,1H3. The number of ether oxygens (including phenoxy) is 1. The fourth-order valence-corrected chi connectivity index (χ4v) is 2.70. The molecule has 8 nitrogen and oxygen atoms in total. The van der Waals surface area contributed by atoms with Crippen LogP contribution in [0, 0.1) is 6.92 Å². The van der Waals surface area contributed by atoms with Gasteiger partial charge in [0.15, 0.2) is 11.4 Å². The highest BCUT2D eigenvalue weighted by Gasteiger charge is 2.39. The van der Waals surface area contributed by atoms with Gasteiger partial charge in [-0.15, -0.1) is 0 Å². The third-order valence-electron chi connectivity index (χ3n) is 3.87. The average molecular weight is 446 g/mol. The number of carbonyl (C=O) groups is 1. The van der Waals surface area contributed by atoms with Crippen LogP contribution in [0.5, 0.6) is 11.6 Å². The van der Waals surface area contributed by atoms with Crippen LogP contribution >= 0.6 is 0 Å². The van der Waals surface area contributed by atoms with Crippen LogP contribution in [0.25, 0.3) is 0 Å². The van der Waals surface area contributed by atoms with Crippen LogP contribution in [0.15, 0.2) is 12.4 Å². The van der Waals surface area contributed by atoms with Crippen LogP contribution in [-0.2, 0) is 18.3 Å². The maximum absolute atomic E-state index is 13.8. The number of aromatic carboxylic acids is 1. The summed E-state index contributed by atoms with van der Waals surface area (Å²) >= 11 is 0. The van der Waals surface area contributed by atoms with Crippen LogP contribution in [0.2, 0.25) is 0 Å². The molecule has 11 heteroatoms. The minimum absolute atomic E-state index is 0.0108. The van der Waals surface area contributed by atoms with E-state index < -0.39 is 29.0 Å². The maximum Gasteiger partial charge on any atom is 0.420 e. The smallest absolute Gasteiger partial charge is 0.420 e. The summed E-state index contributed by atoms with van der Waals surface area (Å²) in [5, 5.41) is 20.9. The predicted octanol–water partition coefficient (Wildman–Crippen LogP) is 3.91. The summed E-state index contributed by atoms with van der Waals surface area (Å²) in [6.45, 7) is 8.60. The minimum atomic E-state index is -4.68. The summed E-state index contributed by atoms with van der Waals surface area (Å²) in [7, 11) is 3.29. The van der Waals surface area contributed by atoms with Crippen molar-refractivity contribution in [1.82, 2.24) is 19.7 Å². The highest BCUT2D eigenvalue weighted by molar-refractivity contribution is 5.87. The molecule has 0 aliphatic heterocycles. The van der Waals surface area contributed by atoms with Gasteiger partial charge in [-0.25, -0.2) is 9.48 Å². The molecule has 0 fully saturated rings. The summed E-state index contributed by atoms with van der Waals surface area (Å²) in [4.78, 5) is 16.9. The Morgan fingerprint density at radius 1 is 1.23 bits per heavy atom. The molecule has 2 N–H and O–H groups in total. The van der Waals surface area contributed by atoms with E-state index in [-0.39, 0.29) is 35.9 Å².